The highest BCUT2D eigenvalue weighted by Gasteiger charge is 2.40. The Morgan fingerprint density at radius 2 is 1.70 bits per heavy atom. The molecule has 160 valence electrons. The van der Waals surface area contributed by atoms with Crippen molar-refractivity contribution < 1.29 is 14.4 Å². The van der Waals surface area contributed by atoms with E-state index in [1.54, 1.807) is 0 Å². The molecular weight excluding hydrogens is 400 g/mol. The highest BCUT2D eigenvalue weighted by atomic mass is 32.1. The molecule has 2 aromatic rings. The van der Waals surface area contributed by atoms with E-state index >= 15 is 0 Å². The quantitative estimate of drug-likeness (QED) is 0.652. The number of hydrogen-bond acceptors (Lipinski definition) is 5. The van der Waals surface area contributed by atoms with Gasteiger partial charge in [0.2, 0.25) is 11.8 Å². The van der Waals surface area contributed by atoms with E-state index in [1.165, 1.54) is 25.2 Å². The monoisotopic (exact) mass is 428 g/mol. The molecule has 0 aliphatic heterocycles. The van der Waals surface area contributed by atoms with Crippen LogP contribution in [-0.4, -0.2) is 28.2 Å². The van der Waals surface area contributed by atoms with Crippen LogP contribution in [0.5, 0.6) is 0 Å². The van der Waals surface area contributed by atoms with Gasteiger partial charge >= 0.3 is 0 Å². The van der Waals surface area contributed by atoms with Crippen LogP contribution in [0, 0.1) is 0 Å². The molecule has 1 saturated carbocycles. The molecule has 0 saturated heterocycles. The molecule has 1 unspecified atom stereocenters. The van der Waals surface area contributed by atoms with Crippen LogP contribution in [-0.2, 0) is 14.4 Å². The Morgan fingerprint density at radius 1 is 1.03 bits per heavy atom. The summed E-state index contributed by atoms with van der Waals surface area (Å²) in [5, 5.41) is 11.1. The molecule has 3 rings (SSSR count). The van der Waals surface area contributed by atoms with E-state index in [1.807, 2.05) is 36.6 Å². The zero-order chi connectivity index (χ0) is 21.7. The molecule has 8 heteroatoms. The lowest BCUT2D eigenvalue weighted by atomic mass is 9.81. The molecule has 1 fully saturated rings. The fourth-order valence-electron chi connectivity index (χ4n) is 3.91. The van der Waals surface area contributed by atoms with Crippen LogP contribution in [0.1, 0.15) is 64.5 Å². The maximum Gasteiger partial charge on any atom is 0.251 e. The molecular formula is C22H28N4O3S. The lowest BCUT2D eigenvalue weighted by Gasteiger charge is -2.35. The minimum absolute atomic E-state index is 0.0673. The van der Waals surface area contributed by atoms with Crippen molar-refractivity contribution in [2.75, 3.05) is 5.32 Å². The number of thiazole rings is 1. The SMILES string of the molecule is CC(=O)NC(C)c1ccc(-c2csc(NC(=O)C3(NC(C)=O)CCCCC3)n2)cc1. The molecule has 0 spiro atoms. The number of carbonyl (C=O) groups excluding carboxylic acids is 3. The molecule has 30 heavy (non-hydrogen) atoms. The molecule has 0 bridgehead atoms. The number of benzene rings is 1. The van der Waals surface area contributed by atoms with Crippen molar-refractivity contribution in [3.05, 3.63) is 35.2 Å². The average Bonchev–Trinajstić information content (AvgIpc) is 3.16. The number of carbonyl (C=O) groups is 3. The first kappa shape index (κ1) is 22.0. The molecule has 3 N–H and O–H groups in total. The van der Waals surface area contributed by atoms with Gasteiger partial charge in [0.25, 0.3) is 5.91 Å². The predicted octanol–water partition coefficient (Wildman–Crippen LogP) is 3.78. The van der Waals surface area contributed by atoms with E-state index in [0.29, 0.717) is 18.0 Å². The summed E-state index contributed by atoms with van der Waals surface area (Å²) in [6.07, 6.45) is 4.20. The number of hydrogen-bond donors (Lipinski definition) is 3. The van der Waals surface area contributed by atoms with Gasteiger partial charge in [0.15, 0.2) is 5.13 Å². The zero-order valence-electron chi connectivity index (χ0n) is 17.6. The first-order valence-electron chi connectivity index (χ1n) is 10.2. The van der Waals surface area contributed by atoms with Crippen LogP contribution in [0.4, 0.5) is 5.13 Å². The maximum atomic E-state index is 13.0. The van der Waals surface area contributed by atoms with Crippen molar-refractivity contribution in [1.29, 1.82) is 0 Å². The van der Waals surface area contributed by atoms with Gasteiger partial charge < -0.3 is 10.6 Å². The summed E-state index contributed by atoms with van der Waals surface area (Å²) in [5.41, 5.74) is 1.86. The highest BCUT2D eigenvalue weighted by molar-refractivity contribution is 7.14. The van der Waals surface area contributed by atoms with Gasteiger partial charge in [-0.05, 0) is 25.3 Å². The lowest BCUT2D eigenvalue weighted by Crippen LogP contribution is -2.57. The summed E-state index contributed by atoms with van der Waals surface area (Å²) in [4.78, 5) is 40.4. The second kappa shape index (κ2) is 9.38. The van der Waals surface area contributed by atoms with Crippen molar-refractivity contribution in [3.63, 3.8) is 0 Å². The van der Waals surface area contributed by atoms with Crippen LogP contribution in [0.25, 0.3) is 11.3 Å². The number of nitrogens with zero attached hydrogens (tertiary/aromatic N) is 1. The van der Waals surface area contributed by atoms with E-state index < -0.39 is 5.54 Å². The minimum atomic E-state index is -0.850. The summed E-state index contributed by atoms with van der Waals surface area (Å²) >= 11 is 1.36. The van der Waals surface area contributed by atoms with Crippen molar-refractivity contribution in [2.45, 2.75) is 64.5 Å². The Labute approximate surface area is 180 Å². The van der Waals surface area contributed by atoms with E-state index in [-0.39, 0.29) is 23.8 Å². The standard InChI is InChI=1S/C22H28N4O3S/c1-14(23-15(2)27)17-7-9-18(10-8-17)19-13-30-21(24-19)25-20(29)22(26-16(3)28)11-5-4-6-12-22/h7-10,13-14H,4-6,11-12H2,1-3H3,(H,23,27)(H,26,28)(H,24,25,29). The van der Waals surface area contributed by atoms with Crippen LogP contribution < -0.4 is 16.0 Å². The van der Waals surface area contributed by atoms with Crippen LogP contribution in [0.3, 0.4) is 0 Å². The van der Waals surface area contributed by atoms with Crippen LogP contribution in [0.15, 0.2) is 29.6 Å². The number of anilines is 1. The van der Waals surface area contributed by atoms with Crippen molar-refractivity contribution >= 4 is 34.2 Å². The molecule has 1 aliphatic carbocycles. The molecule has 0 radical (unpaired) electrons. The highest BCUT2D eigenvalue weighted by Crippen LogP contribution is 2.31. The van der Waals surface area contributed by atoms with Gasteiger partial charge in [0.1, 0.15) is 5.54 Å². The second-order valence-electron chi connectivity index (χ2n) is 7.86. The molecule has 3 amide bonds. The van der Waals surface area contributed by atoms with E-state index in [9.17, 15) is 14.4 Å². The zero-order valence-corrected chi connectivity index (χ0v) is 18.4. The smallest absolute Gasteiger partial charge is 0.251 e. The number of nitrogens with one attached hydrogen (secondary N) is 3. The summed E-state index contributed by atoms with van der Waals surface area (Å²) in [6.45, 7) is 4.88. The van der Waals surface area contributed by atoms with E-state index in [0.717, 1.165) is 36.1 Å². The molecule has 1 aliphatic rings. The van der Waals surface area contributed by atoms with Gasteiger partial charge in [-0.3, -0.25) is 19.7 Å². The van der Waals surface area contributed by atoms with Gasteiger partial charge in [-0.25, -0.2) is 4.98 Å². The van der Waals surface area contributed by atoms with Gasteiger partial charge in [-0.15, -0.1) is 11.3 Å². The summed E-state index contributed by atoms with van der Waals surface area (Å²) in [7, 11) is 0. The number of rotatable bonds is 6. The lowest BCUT2D eigenvalue weighted by molar-refractivity contribution is -0.130. The Morgan fingerprint density at radius 3 is 2.30 bits per heavy atom. The van der Waals surface area contributed by atoms with Gasteiger partial charge in [0.05, 0.1) is 11.7 Å². The Balaban J connectivity index is 1.70. The minimum Gasteiger partial charge on any atom is -0.350 e. The van der Waals surface area contributed by atoms with E-state index in [2.05, 4.69) is 20.9 Å². The predicted molar refractivity (Wildman–Crippen MR) is 118 cm³/mol. The fourth-order valence-corrected chi connectivity index (χ4v) is 4.63. The maximum absolute atomic E-state index is 13.0. The molecule has 1 heterocycles. The summed E-state index contributed by atoms with van der Waals surface area (Å²) in [6, 6.07) is 7.76. The largest absolute Gasteiger partial charge is 0.350 e. The normalized spacial score (nSPS) is 16.4. The Kier molecular flexibility index (Phi) is 6.87. The van der Waals surface area contributed by atoms with Crippen LogP contribution >= 0.6 is 11.3 Å². The third-order valence-electron chi connectivity index (χ3n) is 5.41. The molecule has 7 nitrogen and oxygen atoms in total. The fraction of sp³-hybridized carbons (Fsp3) is 0.455. The first-order valence-corrected chi connectivity index (χ1v) is 11.1. The Bertz CT molecular complexity index is 917. The van der Waals surface area contributed by atoms with Crippen molar-refractivity contribution in [2.24, 2.45) is 0 Å². The van der Waals surface area contributed by atoms with Gasteiger partial charge in [-0.2, -0.15) is 0 Å². The number of aromatic nitrogens is 1. The molecule has 1 aromatic carbocycles. The third kappa shape index (κ3) is 5.24. The third-order valence-corrected chi connectivity index (χ3v) is 6.17. The van der Waals surface area contributed by atoms with Crippen molar-refractivity contribution in [1.82, 2.24) is 15.6 Å². The second-order valence-corrected chi connectivity index (χ2v) is 8.72. The molecule has 1 atom stereocenters. The average molecular weight is 429 g/mol. The van der Waals surface area contributed by atoms with Gasteiger partial charge in [0, 0.05) is 24.8 Å². The van der Waals surface area contributed by atoms with Gasteiger partial charge in [-0.1, -0.05) is 43.5 Å². The molecule has 1 aromatic heterocycles. The summed E-state index contributed by atoms with van der Waals surface area (Å²) < 4.78 is 0. The van der Waals surface area contributed by atoms with Crippen LogP contribution in [0.2, 0.25) is 0 Å². The van der Waals surface area contributed by atoms with Crippen molar-refractivity contribution in [3.8, 4) is 11.3 Å². The first-order chi connectivity index (χ1) is 14.3. The summed E-state index contributed by atoms with van der Waals surface area (Å²) in [5.74, 6) is -0.459. The number of amides is 3. The van der Waals surface area contributed by atoms with E-state index in [4.69, 9.17) is 0 Å². The topological polar surface area (TPSA) is 100 Å². The Hall–Kier alpha value is -2.74.